The number of nitrogens with zero attached hydrogens (tertiary/aromatic N) is 2. The lowest BCUT2D eigenvalue weighted by Crippen LogP contribution is -2.29. The number of benzene rings is 4. The molecule has 6 rings (SSSR count). The highest BCUT2D eigenvalue weighted by Gasteiger charge is 2.27. The molecule has 5 nitrogen and oxygen atoms in total. The molecule has 2 amide bonds. The molecule has 6 heteroatoms. The summed E-state index contributed by atoms with van der Waals surface area (Å²) in [6.07, 6.45) is 1.10. The number of fused-ring (bicyclic) bond motifs is 2. The van der Waals surface area contributed by atoms with Crippen molar-refractivity contribution in [2.24, 2.45) is 0 Å². The van der Waals surface area contributed by atoms with Crippen molar-refractivity contribution in [3.05, 3.63) is 112 Å². The zero-order valence-electron chi connectivity index (χ0n) is 21.3. The van der Waals surface area contributed by atoms with Crippen molar-refractivity contribution in [3.8, 4) is 11.3 Å². The highest BCUT2D eigenvalue weighted by atomic mass is 32.1. The van der Waals surface area contributed by atoms with Crippen molar-refractivity contribution in [3.63, 3.8) is 0 Å². The number of rotatable bonds is 5. The second-order valence-corrected chi connectivity index (χ2v) is 10.9. The van der Waals surface area contributed by atoms with E-state index in [1.165, 1.54) is 11.3 Å². The third-order valence-corrected chi connectivity index (χ3v) is 7.98. The Morgan fingerprint density at radius 2 is 1.71 bits per heavy atom. The van der Waals surface area contributed by atoms with Crippen LogP contribution in [0.3, 0.4) is 0 Å². The Balaban J connectivity index is 1.18. The highest BCUT2D eigenvalue weighted by molar-refractivity contribution is 7.16. The van der Waals surface area contributed by atoms with Gasteiger partial charge in [-0.05, 0) is 65.9 Å². The minimum Gasteiger partial charge on any atom is -0.308 e. The number of hydrogen-bond donors (Lipinski definition) is 1. The van der Waals surface area contributed by atoms with Crippen LogP contribution in [0.5, 0.6) is 0 Å². The Hall–Kier alpha value is -4.29. The number of carbonyl (C=O) groups excluding carboxylic acids is 2. The Morgan fingerprint density at radius 1 is 0.921 bits per heavy atom. The van der Waals surface area contributed by atoms with Gasteiger partial charge in [-0.15, -0.1) is 11.3 Å². The zero-order valence-corrected chi connectivity index (χ0v) is 22.1. The molecule has 5 aromatic rings. The first-order chi connectivity index (χ1) is 18.5. The van der Waals surface area contributed by atoms with E-state index in [4.69, 9.17) is 4.98 Å². The molecular formula is C32H27N3O2S. The van der Waals surface area contributed by atoms with Gasteiger partial charge in [0.15, 0.2) is 5.13 Å². The van der Waals surface area contributed by atoms with Crippen LogP contribution in [-0.4, -0.2) is 23.3 Å². The van der Waals surface area contributed by atoms with Gasteiger partial charge in [0, 0.05) is 28.2 Å². The van der Waals surface area contributed by atoms with Gasteiger partial charge in [0.25, 0.3) is 5.91 Å². The minimum absolute atomic E-state index is 0.0378. The van der Waals surface area contributed by atoms with Crippen molar-refractivity contribution in [2.45, 2.75) is 26.7 Å². The van der Waals surface area contributed by atoms with Gasteiger partial charge in [-0.1, -0.05) is 66.7 Å². The Morgan fingerprint density at radius 3 is 2.55 bits per heavy atom. The Kier molecular flexibility index (Phi) is 6.26. The quantitative estimate of drug-likeness (QED) is 0.274. The molecule has 1 aliphatic heterocycles. The number of carbonyl (C=O) groups is 2. The third kappa shape index (κ3) is 4.59. The van der Waals surface area contributed by atoms with Gasteiger partial charge in [0.05, 0.1) is 12.1 Å². The molecular weight excluding hydrogens is 490 g/mol. The van der Waals surface area contributed by atoms with Crippen molar-refractivity contribution < 1.29 is 9.59 Å². The molecule has 38 heavy (non-hydrogen) atoms. The van der Waals surface area contributed by atoms with Crippen LogP contribution in [0.25, 0.3) is 22.0 Å². The van der Waals surface area contributed by atoms with Gasteiger partial charge in [-0.2, -0.15) is 0 Å². The maximum absolute atomic E-state index is 13.2. The molecule has 2 heterocycles. The topological polar surface area (TPSA) is 62.3 Å². The molecule has 0 unspecified atom stereocenters. The Labute approximate surface area is 225 Å². The van der Waals surface area contributed by atoms with E-state index < -0.39 is 0 Å². The standard InChI is InChI=1S/C32H27N3O2S/c1-20-7-3-6-10-27(20)31(37)35-16-15-25-19-26(13-14-28(25)35)30-21(2)38-32(34-30)33-29(36)18-22-11-12-23-8-4-5-9-24(23)17-22/h3-14,17,19H,15-16,18H2,1-2H3,(H,33,34,36). The number of amides is 2. The number of hydrogen-bond acceptors (Lipinski definition) is 4. The fourth-order valence-electron chi connectivity index (χ4n) is 5.13. The normalized spacial score (nSPS) is 12.5. The molecule has 1 aliphatic rings. The van der Waals surface area contributed by atoms with Crippen LogP contribution in [0.1, 0.15) is 31.9 Å². The summed E-state index contributed by atoms with van der Waals surface area (Å²) in [5.41, 5.74) is 6.65. The van der Waals surface area contributed by atoms with Crippen LogP contribution in [0, 0.1) is 13.8 Å². The molecule has 0 saturated heterocycles. The van der Waals surface area contributed by atoms with Crippen LogP contribution >= 0.6 is 11.3 Å². The highest BCUT2D eigenvalue weighted by Crippen LogP contribution is 2.36. The fourth-order valence-corrected chi connectivity index (χ4v) is 5.99. The summed E-state index contributed by atoms with van der Waals surface area (Å²) in [5.74, 6) is -0.0456. The summed E-state index contributed by atoms with van der Waals surface area (Å²) in [6.45, 7) is 4.65. The van der Waals surface area contributed by atoms with E-state index in [1.54, 1.807) is 0 Å². The maximum Gasteiger partial charge on any atom is 0.258 e. The lowest BCUT2D eigenvalue weighted by molar-refractivity contribution is -0.115. The molecule has 0 spiro atoms. The second kappa shape index (κ2) is 9.88. The van der Waals surface area contributed by atoms with Crippen LogP contribution < -0.4 is 10.2 Å². The van der Waals surface area contributed by atoms with E-state index in [0.717, 1.165) is 61.3 Å². The molecule has 1 N–H and O–H groups in total. The van der Waals surface area contributed by atoms with Gasteiger partial charge in [-0.25, -0.2) is 4.98 Å². The molecule has 4 aromatic carbocycles. The van der Waals surface area contributed by atoms with Crippen LogP contribution in [0.2, 0.25) is 0 Å². The largest absolute Gasteiger partial charge is 0.308 e. The SMILES string of the molecule is Cc1ccccc1C(=O)N1CCc2cc(-c3nc(NC(=O)Cc4ccc5ccccc5c4)sc3C)ccc21. The average Bonchev–Trinajstić information content (AvgIpc) is 3.51. The van der Waals surface area contributed by atoms with Gasteiger partial charge in [-0.3, -0.25) is 9.59 Å². The molecule has 0 saturated carbocycles. The van der Waals surface area contributed by atoms with Gasteiger partial charge in [0.2, 0.25) is 5.91 Å². The number of aromatic nitrogens is 1. The summed E-state index contributed by atoms with van der Waals surface area (Å²) in [7, 11) is 0. The van der Waals surface area contributed by atoms with Crippen LogP contribution in [0.4, 0.5) is 10.8 Å². The molecule has 0 aliphatic carbocycles. The van der Waals surface area contributed by atoms with E-state index in [2.05, 4.69) is 29.6 Å². The van der Waals surface area contributed by atoms with Crippen molar-refractivity contribution in [1.29, 1.82) is 0 Å². The summed E-state index contributed by atoms with van der Waals surface area (Å²) in [4.78, 5) is 33.7. The lowest BCUT2D eigenvalue weighted by Gasteiger charge is -2.18. The number of thiazole rings is 1. The molecule has 1 aromatic heterocycles. The molecule has 0 bridgehead atoms. The summed E-state index contributed by atoms with van der Waals surface area (Å²) in [6, 6.07) is 28.1. The predicted molar refractivity (Wildman–Crippen MR) is 155 cm³/mol. The summed E-state index contributed by atoms with van der Waals surface area (Å²) in [5, 5.41) is 5.87. The van der Waals surface area contributed by atoms with Gasteiger partial charge >= 0.3 is 0 Å². The number of aryl methyl sites for hydroxylation is 2. The molecule has 0 radical (unpaired) electrons. The first-order valence-corrected chi connectivity index (χ1v) is 13.5. The summed E-state index contributed by atoms with van der Waals surface area (Å²) < 4.78 is 0. The molecule has 188 valence electrons. The smallest absolute Gasteiger partial charge is 0.258 e. The van der Waals surface area contributed by atoms with Crippen LogP contribution in [-0.2, 0) is 17.6 Å². The Bertz CT molecular complexity index is 1700. The van der Waals surface area contributed by atoms with E-state index in [0.29, 0.717) is 18.1 Å². The predicted octanol–water partition coefficient (Wildman–Crippen LogP) is 6.96. The van der Waals surface area contributed by atoms with E-state index in [-0.39, 0.29) is 11.8 Å². The molecule has 0 fully saturated rings. The monoisotopic (exact) mass is 517 g/mol. The lowest BCUT2D eigenvalue weighted by atomic mass is 10.0. The fraction of sp³-hybridized carbons (Fsp3) is 0.156. The zero-order chi connectivity index (χ0) is 26.2. The maximum atomic E-state index is 13.2. The first-order valence-electron chi connectivity index (χ1n) is 12.7. The number of anilines is 2. The summed E-state index contributed by atoms with van der Waals surface area (Å²) >= 11 is 1.48. The van der Waals surface area contributed by atoms with Crippen molar-refractivity contribution in [1.82, 2.24) is 4.98 Å². The average molecular weight is 518 g/mol. The molecule has 0 atom stereocenters. The van der Waals surface area contributed by atoms with Gasteiger partial charge < -0.3 is 10.2 Å². The van der Waals surface area contributed by atoms with E-state index in [1.807, 2.05) is 79.4 Å². The van der Waals surface area contributed by atoms with E-state index >= 15 is 0 Å². The van der Waals surface area contributed by atoms with E-state index in [9.17, 15) is 9.59 Å². The van der Waals surface area contributed by atoms with Crippen molar-refractivity contribution >= 4 is 44.7 Å². The number of nitrogens with one attached hydrogen (secondary N) is 1. The first kappa shape index (κ1) is 24.1. The van der Waals surface area contributed by atoms with Crippen molar-refractivity contribution in [2.75, 3.05) is 16.8 Å². The third-order valence-electron chi connectivity index (χ3n) is 7.09. The van der Waals surface area contributed by atoms with Gasteiger partial charge in [0.1, 0.15) is 0 Å². The second-order valence-electron chi connectivity index (χ2n) is 9.70. The van der Waals surface area contributed by atoms with Crippen LogP contribution in [0.15, 0.2) is 84.9 Å². The minimum atomic E-state index is -0.0834.